The predicted molar refractivity (Wildman–Crippen MR) is 110 cm³/mol. The van der Waals surface area contributed by atoms with E-state index in [0.717, 1.165) is 0 Å². The molecule has 0 radical (unpaired) electrons. The lowest BCUT2D eigenvalue weighted by atomic mass is 10.0. The van der Waals surface area contributed by atoms with Crippen LogP contribution in [0.1, 0.15) is 51.2 Å². The molecule has 3 heterocycles. The van der Waals surface area contributed by atoms with Crippen LogP contribution in [0, 0.1) is 13.8 Å². The van der Waals surface area contributed by atoms with Crippen molar-refractivity contribution in [2.75, 3.05) is 13.1 Å². The number of carbonyl (C=O) groups excluding carboxylic acids is 2. The monoisotopic (exact) mass is 424 g/mol. The summed E-state index contributed by atoms with van der Waals surface area (Å²) in [5.74, 6) is 2.33. The van der Waals surface area contributed by atoms with Gasteiger partial charge < -0.3 is 23.9 Å². The predicted octanol–water partition coefficient (Wildman–Crippen LogP) is 2.89. The number of rotatable bonds is 6. The lowest BCUT2D eigenvalue weighted by Gasteiger charge is -2.32. The largest absolute Gasteiger partial charge is 0.485 e. The van der Waals surface area contributed by atoms with Crippen LogP contribution in [-0.2, 0) is 6.61 Å². The first-order valence-corrected chi connectivity index (χ1v) is 10.2. The van der Waals surface area contributed by atoms with Crippen molar-refractivity contribution in [1.82, 2.24) is 20.4 Å². The number of aryl methyl sites for hydroxylation is 2. The first-order valence-electron chi connectivity index (χ1n) is 10.2. The van der Waals surface area contributed by atoms with E-state index in [0.29, 0.717) is 60.5 Å². The fourth-order valence-corrected chi connectivity index (χ4v) is 3.46. The van der Waals surface area contributed by atoms with E-state index in [1.165, 1.54) is 0 Å². The Balaban J connectivity index is 1.25. The van der Waals surface area contributed by atoms with Gasteiger partial charge in [0, 0.05) is 31.6 Å². The molecule has 1 aliphatic rings. The molecule has 2 amide bonds. The third-order valence-corrected chi connectivity index (χ3v) is 5.12. The lowest BCUT2D eigenvalue weighted by Crippen LogP contribution is -2.46. The summed E-state index contributed by atoms with van der Waals surface area (Å²) in [6, 6.07) is 10.4. The maximum atomic E-state index is 12.8. The first-order chi connectivity index (χ1) is 15.0. The van der Waals surface area contributed by atoms with Gasteiger partial charge in [-0.1, -0.05) is 5.16 Å². The molecule has 1 aliphatic heterocycles. The highest BCUT2D eigenvalue weighted by molar-refractivity contribution is 5.94. The smallest absolute Gasteiger partial charge is 0.287 e. The number of carbonyl (C=O) groups is 2. The van der Waals surface area contributed by atoms with Gasteiger partial charge in [-0.25, -0.2) is 0 Å². The van der Waals surface area contributed by atoms with Gasteiger partial charge in [-0.2, -0.15) is 4.98 Å². The van der Waals surface area contributed by atoms with E-state index in [2.05, 4.69) is 15.5 Å². The summed E-state index contributed by atoms with van der Waals surface area (Å²) in [6.07, 6.45) is 1.39. The second-order valence-corrected chi connectivity index (χ2v) is 7.49. The number of ether oxygens (including phenoxy) is 1. The average Bonchev–Trinajstić information content (AvgIpc) is 3.41. The zero-order valence-electron chi connectivity index (χ0n) is 17.5. The van der Waals surface area contributed by atoms with Crippen LogP contribution in [0.5, 0.6) is 5.75 Å². The van der Waals surface area contributed by atoms with Gasteiger partial charge in [-0.05, 0) is 56.2 Å². The van der Waals surface area contributed by atoms with Gasteiger partial charge in [-0.15, -0.1) is 0 Å². The zero-order chi connectivity index (χ0) is 21.8. The minimum atomic E-state index is -0.218. The van der Waals surface area contributed by atoms with Gasteiger partial charge in [0.25, 0.3) is 11.8 Å². The fraction of sp³-hybridized carbons (Fsp3) is 0.364. The molecule has 0 bridgehead atoms. The Bertz CT molecular complexity index is 1050. The molecule has 162 valence electrons. The van der Waals surface area contributed by atoms with Crippen molar-refractivity contribution in [3.63, 3.8) is 0 Å². The van der Waals surface area contributed by atoms with Gasteiger partial charge in [-0.3, -0.25) is 9.59 Å². The Kier molecular flexibility index (Phi) is 6.01. The third kappa shape index (κ3) is 5.11. The summed E-state index contributed by atoms with van der Waals surface area (Å²) in [7, 11) is 0. The van der Waals surface area contributed by atoms with Crippen molar-refractivity contribution >= 4 is 11.8 Å². The Hall–Kier alpha value is -3.62. The van der Waals surface area contributed by atoms with E-state index >= 15 is 0 Å². The molecule has 4 rings (SSSR count). The summed E-state index contributed by atoms with van der Waals surface area (Å²) >= 11 is 0. The molecule has 0 saturated carbocycles. The number of benzene rings is 1. The van der Waals surface area contributed by atoms with Crippen molar-refractivity contribution in [3.8, 4) is 5.75 Å². The van der Waals surface area contributed by atoms with Crippen LogP contribution in [0.4, 0.5) is 0 Å². The minimum absolute atomic E-state index is 0.0199. The second kappa shape index (κ2) is 9.03. The van der Waals surface area contributed by atoms with Crippen LogP contribution < -0.4 is 10.1 Å². The van der Waals surface area contributed by atoms with E-state index in [1.54, 1.807) is 55.1 Å². The normalized spacial score (nSPS) is 14.5. The van der Waals surface area contributed by atoms with E-state index < -0.39 is 0 Å². The summed E-state index contributed by atoms with van der Waals surface area (Å²) in [6.45, 7) is 4.87. The number of piperidine rings is 1. The van der Waals surface area contributed by atoms with Crippen LogP contribution in [0.25, 0.3) is 0 Å². The van der Waals surface area contributed by atoms with Gasteiger partial charge in [0.15, 0.2) is 12.4 Å². The van der Waals surface area contributed by atoms with E-state index in [4.69, 9.17) is 13.7 Å². The Morgan fingerprint density at radius 2 is 1.87 bits per heavy atom. The summed E-state index contributed by atoms with van der Waals surface area (Å²) in [5.41, 5.74) is 0.594. The molecule has 3 aromatic rings. The quantitative estimate of drug-likeness (QED) is 0.648. The maximum Gasteiger partial charge on any atom is 0.287 e. The highest BCUT2D eigenvalue weighted by Gasteiger charge is 2.25. The van der Waals surface area contributed by atoms with Crippen LogP contribution >= 0.6 is 0 Å². The molecule has 2 aromatic heterocycles. The van der Waals surface area contributed by atoms with E-state index in [9.17, 15) is 9.59 Å². The van der Waals surface area contributed by atoms with Gasteiger partial charge >= 0.3 is 0 Å². The molecule has 9 heteroatoms. The van der Waals surface area contributed by atoms with Crippen molar-refractivity contribution in [3.05, 3.63) is 65.2 Å². The Labute approximate surface area is 179 Å². The molecule has 0 atom stereocenters. The summed E-state index contributed by atoms with van der Waals surface area (Å²) in [4.78, 5) is 30.9. The SMILES string of the molecule is Cc1ccc(C(=O)NC2CCN(C(=O)c3ccc(OCc4noc(C)n4)cc3)CC2)o1. The molecule has 1 fully saturated rings. The molecule has 31 heavy (non-hydrogen) atoms. The number of nitrogens with one attached hydrogen (secondary N) is 1. The van der Waals surface area contributed by atoms with Crippen molar-refractivity contribution in [2.45, 2.75) is 39.3 Å². The molecule has 1 saturated heterocycles. The second-order valence-electron chi connectivity index (χ2n) is 7.49. The minimum Gasteiger partial charge on any atom is -0.485 e. The number of hydrogen-bond acceptors (Lipinski definition) is 7. The number of furan rings is 1. The molecule has 0 aliphatic carbocycles. The molecule has 0 spiro atoms. The number of aromatic nitrogens is 2. The van der Waals surface area contributed by atoms with Crippen molar-refractivity contribution < 1.29 is 23.3 Å². The topological polar surface area (TPSA) is 111 Å². The summed E-state index contributed by atoms with van der Waals surface area (Å²) < 4.78 is 15.9. The molecular formula is C22H24N4O5. The Morgan fingerprint density at radius 1 is 1.13 bits per heavy atom. The van der Waals surface area contributed by atoms with Crippen molar-refractivity contribution in [1.29, 1.82) is 0 Å². The summed E-state index contributed by atoms with van der Waals surface area (Å²) in [5, 5.41) is 6.76. The van der Waals surface area contributed by atoms with Crippen LogP contribution in [-0.4, -0.2) is 46.0 Å². The average molecular weight is 424 g/mol. The first kappa shape index (κ1) is 20.6. The van der Waals surface area contributed by atoms with Crippen LogP contribution in [0.15, 0.2) is 45.3 Å². The van der Waals surface area contributed by atoms with Crippen LogP contribution in [0.2, 0.25) is 0 Å². The number of hydrogen-bond donors (Lipinski definition) is 1. The number of nitrogens with zero attached hydrogens (tertiary/aromatic N) is 3. The molecular weight excluding hydrogens is 400 g/mol. The molecule has 0 unspecified atom stereocenters. The lowest BCUT2D eigenvalue weighted by molar-refractivity contribution is 0.0695. The van der Waals surface area contributed by atoms with E-state index in [-0.39, 0.29) is 24.5 Å². The fourth-order valence-electron chi connectivity index (χ4n) is 3.46. The Morgan fingerprint density at radius 3 is 2.48 bits per heavy atom. The molecule has 9 nitrogen and oxygen atoms in total. The molecule has 1 N–H and O–H groups in total. The highest BCUT2D eigenvalue weighted by atomic mass is 16.5. The van der Waals surface area contributed by atoms with E-state index in [1.807, 2.05) is 0 Å². The highest BCUT2D eigenvalue weighted by Crippen LogP contribution is 2.18. The number of amides is 2. The standard InChI is InChI=1S/C22H24N4O5/c1-14-3-8-19(30-14)21(27)24-17-9-11-26(12-10-17)22(28)16-4-6-18(7-5-16)29-13-20-23-15(2)31-25-20/h3-8,17H,9-13H2,1-2H3,(H,24,27). The number of likely N-dealkylation sites (tertiary alicyclic amines) is 1. The zero-order valence-corrected chi connectivity index (χ0v) is 17.5. The van der Waals surface area contributed by atoms with Crippen molar-refractivity contribution in [2.24, 2.45) is 0 Å². The van der Waals surface area contributed by atoms with Gasteiger partial charge in [0.1, 0.15) is 11.5 Å². The molecule has 1 aromatic carbocycles. The maximum absolute atomic E-state index is 12.8. The third-order valence-electron chi connectivity index (χ3n) is 5.12. The van der Waals surface area contributed by atoms with Crippen LogP contribution in [0.3, 0.4) is 0 Å². The van der Waals surface area contributed by atoms with Gasteiger partial charge in [0.2, 0.25) is 11.7 Å². The van der Waals surface area contributed by atoms with Gasteiger partial charge in [0.05, 0.1) is 0 Å².